The van der Waals surface area contributed by atoms with Crippen molar-refractivity contribution in [3.63, 3.8) is 0 Å². The summed E-state index contributed by atoms with van der Waals surface area (Å²) in [5, 5.41) is 14.0. The molecule has 0 radical (unpaired) electrons. The Balaban J connectivity index is 2.15. The van der Waals surface area contributed by atoms with Crippen LogP contribution in [0.25, 0.3) is 0 Å². The normalized spacial score (nSPS) is 13.8. The summed E-state index contributed by atoms with van der Waals surface area (Å²) in [5.74, 6) is 1.05. The average molecular weight is 334 g/mol. The first-order chi connectivity index (χ1) is 10.7. The molecule has 1 heterocycles. The smallest absolute Gasteiger partial charge is 0.202 e. The van der Waals surface area contributed by atoms with Gasteiger partial charge in [-0.3, -0.25) is 0 Å². The van der Waals surface area contributed by atoms with Crippen LogP contribution in [0.4, 0.5) is 5.13 Å². The molecule has 0 spiro atoms. The lowest BCUT2D eigenvalue weighted by atomic mass is 9.75. The van der Waals surface area contributed by atoms with Gasteiger partial charge >= 0.3 is 0 Å². The number of hydrogen-bond acceptors (Lipinski definition) is 5. The summed E-state index contributed by atoms with van der Waals surface area (Å²) in [5.41, 5.74) is 0.963. The Bertz CT molecular complexity index is 617. The molecule has 2 rings (SSSR count). The van der Waals surface area contributed by atoms with E-state index in [0.717, 1.165) is 17.5 Å². The van der Waals surface area contributed by atoms with Crippen LogP contribution in [0.1, 0.15) is 51.9 Å². The maximum Gasteiger partial charge on any atom is 0.202 e. The summed E-state index contributed by atoms with van der Waals surface area (Å²) in [6.07, 6.45) is 0. The van der Waals surface area contributed by atoms with Crippen LogP contribution in [0.3, 0.4) is 0 Å². The lowest BCUT2D eigenvalue weighted by Crippen LogP contribution is -2.31. The number of aromatic nitrogens is 2. The van der Waals surface area contributed by atoms with Crippen molar-refractivity contribution in [3.8, 4) is 0 Å². The molecule has 0 amide bonds. The summed E-state index contributed by atoms with van der Waals surface area (Å²) in [6.45, 7) is 11.4. The van der Waals surface area contributed by atoms with Gasteiger partial charge in [0.2, 0.25) is 5.13 Å². The monoisotopic (exact) mass is 333 g/mol. The van der Waals surface area contributed by atoms with Crippen LogP contribution < -0.4 is 5.32 Å². The number of benzene rings is 1. The molecule has 2 N–H and O–H groups in total. The molecule has 0 bridgehead atoms. The molecule has 126 valence electrons. The molecule has 1 aromatic carbocycles. The SMILES string of the molecule is CC(C)(C)c1nsc(NCC(c2ccccc2)C(C)(C)CO)n1. The molecule has 0 saturated carbocycles. The Hall–Kier alpha value is -1.46. The van der Waals surface area contributed by atoms with Gasteiger partial charge in [-0.1, -0.05) is 65.0 Å². The van der Waals surface area contributed by atoms with Crippen LogP contribution >= 0.6 is 11.5 Å². The maximum absolute atomic E-state index is 9.78. The summed E-state index contributed by atoms with van der Waals surface area (Å²) in [7, 11) is 0. The molecule has 23 heavy (non-hydrogen) atoms. The third-order valence-electron chi connectivity index (χ3n) is 4.11. The van der Waals surface area contributed by atoms with E-state index in [9.17, 15) is 5.11 Å². The first-order valence-corrected chi connectivity index (χ1v) is 8.75. The quantitative estimate of drug-likeness (QED) is 0.837. The van der Waals surface area contributed by atoms with Crippen LogP contribution in [0.2, 0.25) is 0 Å². The Morgan fingerprint density at radius 1 is 1.13 bits per heavy atom. The van der Waals surface area contributed by atoms with Crippen molar-refractivity contribution in [3.05, 3.63) is 41.7 Å². The lowest BCUT2D eigenvalue weighted by Gasteiger charge is -2.33. The standard InChI is InChI=1S/C18H27N3OS/c1-17(2,3)15-20-16(23-21-15)19-11-14(18(4,5)12-22)13-9-7-6-8-10-13/h6-10,14,22H,11-12H2,1-5H3,(H,19,20,21). The minimum atomic E-state index is -0.216. The largest absolute Gasteiger partial charge is 0.396 e. The van der Waals surface area contributed by atoms with Gasteiger partial charge in [0.1, 0.15) is 5.82 Å². The van der Waals surface area contributed by atoms with Gasteiger partial charge in [0.15, 0.2) is 0 Å². The second-order valence-electron chi connectivity index (χ2n) is 7.66. The van der Waals surface area contributed by atoms with Crippen molar-refractivity contribution in [1.82, 2.24) is 9.36 Å². The first kappa shape index (κ1) is 17.9. The van der Waals surface area contributed by atoms with E-state index in [2.05, 4.69) is 61.4 Å². The van der Waals surface area contributed by atoms with Crippen LogP contribution in [0.15, 0.2) is 30.3 Å². The van der Waals surface area contributed by atoms with Crippen molar-refractivity contribution in [2.75, 3.05) is 18.5 Å². The predicted octanol–water partition coefficient (Wildman–Crippen LogP) is 4.05. The van der Waals surface area contributed by atoms with Gasteiger partial charge in [0.25, 0.3) is 0 Å². The fourth-order valence-corrected chi connectivity index (χ4v) is 3.19. The minimum Gasteiger partial charge on any atom is -0.396 e. The van der Waals surface area contributed by atoms with Gasteiger partial charge < -0.3 is 10.4 Å². The number of nitrogens with one attached hydrogen (secondary N) is 1. The zero-order valence-electron chi connectivity index (χ0n) is 14.6. The molecule has 0 saturated heterocycles. The topological polar surface area (TPSA) is 58.0 Å². The molecular formula is C18H27N3OS. The minimum absolute atomic E-state index is 0.0420. The van der Waals surface area contributed by atoms with E-state index in [1.165, 1.54) is 17.1 Å². The molecule has 0 aliphatic carbocycles. The van der Waals surface area contributed by atoms with E-state index >= 15 is 0 Å². The number of anilines is 1. The molecule has 2 aromatic rings. The highest BCUT2D eigenvalue weighted by atomic mass is 32.1. The van der Waals surface area contributed by atoms with Gasteiger partial charge in [-0.2, -0.15) is 4.37 Å². The molecule has 4 nitrogen and oxygen atoms in total. The summed E-state index contributed by atoms with van der Waals surface area (Å²) < 4.78 is 4.44. The Morgan fingerprint density at radius 2 is 1.78 bits per heavy atom. The van der Waals surface area contributed by atoms with Crippen molar-refractivity contribution >= 4 is 16.7 Å². The van der Waals surface area contributed by atoms with Crippen molar-refractivity contribution in [2.24, 2.45) is 5.41 Å². The van der Waals surface area contributed by atoms with E-state index in [0.29, 0.717) is 0 Å². The third kappa shape index (κ3) is 4.52. The van der Waals surface area contributed by atoms with E-state index in [1.807, 2.05) is 18.2 Å². The molecule has 0 aliphatic heterocycles. The van der Waals surface area contributed by atoms with Gasteiger partial charge in [-0.25, -0.2) is 4.98 Å². The first-order valence-electron chi connectivity index (χ1n) is 7.98. The molecule has 5 heteroatoms. The second-order valence-corrected chi connectivity index (χ2v) is 8.42. The highest BCUT2D eigenvalue weighted by molar-refractivity contribution is 7.09. The van der Waals surface area contributed by atoms with Crippen LogP contribution in [-0.4, -0.2) is 27.6 Å². The van der Waals surface area contributed by atoms with Crippen LogP contribution in [-0.2, 0) is 5.41 Å². The molecule has 1 aromatic heterocycles. The number of aliphatic hydroxyl groups excluding tert-OH is 1. The van der Waals surface area contributed by atoms with Crippen LogP contribution in [0.5, 0.6) is 0 Å². The molecule has 1 unspecified atom stereocenters. The number of aliphatic hydroxyl groups is 1. The molecule has 0 aliphatic rings. The van der Waals surface area contributed by atoms with Crippen molar-refractivity contribution in [1.29, 1.82) is 0 Å². The van der Waals surface area contributed by atoms with Gasteiger partial charge in [0.05, 0.1) is 0 Å². The van der Waals surface area contributed by atoms with Gasteiger partial charge in [0, 0.05) is 36.0 Å². The highest BCUT2D eigenvalue weighted by Crippen LogP contribution is 2.35. The predicted molar refractivity (Wildman–Crippen MR) is 97.1 cm³/mol. The Morgan fingerprint density at radius 3 is 2.30 bits per heavy atom. The van der Waals surface area contributed by atoms with E-state index < -0.39 is 0 Å². The lowest BCUT2D eigenvalue weighted by molar-refractivity contribution is 0.134. The summed E-state index contributed by atoms with van der Waals surface area (Å²) in [4.78, 5) is 4.59. The molecular weight excluding hydrogens is 306 g/mol. The summed E-state index contributed by atoms with van der Waals surface area (Å²) in [6, 6.07) is 10.3. The van der Waals surface area contributed by atoms with Gasteiger partial charge in [-0.05, 0) is 11.0 Å². The Labute approximate surface area is 143 Å². The maximum atomic E-state index is 9.78. The number of nitrogens with zero attached hydrogens (tertiary/aromatic N) is 2. The number of hydrogen-bond donors (Lipinski definition) is 2. The zero-order chi connectivity index (χ0) is 17.1. The van der Waals surface area contributed by atoms with Crippen molar-refractivity contribution < 1.29 is 5.11 Å². The fraction of sp³-hybridized carbons (Fsp3) is 0.556. The fourth-order valence-electron chi connectivity index (χ4n) is 2.43. The molecule has 0 fully saturated rings. The zero-order valence-corrected chi connectivity index (χ0v) is 15.4. The third-order valence-corrected chi connectivity index (χ3v) is 4.78. The van der Waals surface area contributed by atoms with E-state index in [-0.39, 0.29) is 23.4 Å². The molecule has 1 atom stereocenters. The van der Waals surface area contributed by atoms with E-state index in [4.69, 9.17) is 0 Å². The highest BCUT2D eigenvalue weighted by Gasteiger charge is 2.30. The number of rotatable bonds is 6. The second kappa shape index (κ2) is 6.97. The van der Waals surface area contributed by atoms with Crippen LogP contribution in [0, 0.1) is 5.41 Å². The average Bonchev–Trinajstić information content (AvgIpc) is 2.97. The summed E-state index contributed by atoms with van der Waals surface area (Å²) >= 11 is 1.40. The van der Waals surface area contributed by atoms with Gasteiger partial charge in [-0.15, -0.1) is 0 Å². The Kier molecular flexibility index (Phi) is 5.42. The van der Waals surface area contributed by atoms with E-state index in [1.54, 1.807) is 0 Å². The van der Waals surface area contributed by atoms with Crippen molar-refractivity contribution in [2.45, 2.75) is 46.0 Å².